The predicted molar refractivity (Wildman–Crippen MR) is 108 cm³/mol. The van der Waals surface area contributed by atoms with Crippen LogP contribution in [0.15, 0.2) is 42.5 Å². The molecule has 2 aromatic rings. The summed E-state index contributed by atoms with van der Waals surface area (Å²) in [6.07, 6.45) is -9.93. The van der Waals surface area contributed by atoms with E-state index in [1.165, 1.54) is 30.1 Å². The first-order valence-corrected chi connectivity index (χ1v) is 10.4. The Balaban J connectivity index is 1.96. The van der Waals surface area contributed by atoms with Crippen LogP contribution in [0.1, 0.15) is 44.6 Å². The number of rotatable bonds is 2. The van der Waals surface area contributed by atoms with Gasteiger partial charge in [-0.2, -0.15) is 26.3 Å². The maximum absolute atomic E-state index is 13.9. The third-order valence-electron chi connectivity index (χ3n) is 6.17. The van der Waals surface area contributed by atoms with Crippen molar-refractivity contribution in [3.8, 4) is 0 Å². The van der Waals surface area contributed by atoms with Crippen LogP contribution in [0.4, 0.5) is 26.3 Å². The van der Waals surface area contributed by atoms with Crippen LogP contribution >= 0.6 is 0 Å². The van der Waals surface area contributed by atoms with Crippen molar-refractivity contribution in [3.63, 3.8) is 0 Å². The summed E-state index contributed by atoms with van der Waals surface area (Å²) in [4.78, 5) is 29.0. The van der Waals surface area contributed by atoms with E-state index in [1.807, 2.05) is 0 Å². The number of halogens is 6. The molecule has 1 fully saturated rings. The monoisotopic (exact) mass is 486 g/mol. The molecule has 0 aromatic heterocycles. The van der Waals surface area contributed by atoms with Gasteiger partial charge in [0.05, 0.1) is 36.3 Å². The highest BCUT2D eigenvalue weighted by molar-refractivity contribution is 6.01. The first-order valence-electron chi connectivity index (χ1n) is 10.4. The number of carbonyl (C=O) groups excluding carboxylic acids is 2. The second-order valence-electron chi connectivity index (χ2n) is 8.16. The average molecular weight is 486 g/mol. The second-order valence-corrected chi connectivity index (χ2v) is 8.16. The topological polar surface area (TPSA) is 49.9 Å². The van der Waals surface area contributed by atoms with Crippen LogP contribution in [0.5, 0.6) is 0 Å². The number of benzene rings is 2. The number of hydrogen-bond donors (Lipinski definition) is 0. The van der Waals surface area contributed by atoms with E-state index in [-0.39, 0.29) is 37.4 Å². The van der Waals surface area contributed by atoms with E-state index in [0.717, 1.165) is 4.90 Å². The van der Waals surface area contributed by atoms with Crippen LogP contribution in [0.25, 0.3) is 0 Å². The lowest BCUT2D eigenvalue weighted by atomic mass is 9.77. The molecule has 11 heteroatoms. The van der Waals surface area contributed by atoms with Gasteiger partial charge in [-0.3, -0.25) is 9.59 Å². The molecular weight excluding hydrogens is 466 g/mol. The van der Waals surface area contributed by atoms with Gasteiger partial charge >= 0.3 is 12.4 Å². The summed E-state index contributed by atoms with van der Waals surface area (Å²) in [6, 6.07) is 5.48. The van der Waals surface area contributed by atoms with Gasteiger partial charge < -0.3 is 14.5 Å². The number of fused-ring (bicyclic) bond motifs is 1. The van der Waals surface area contributed by atoms with Gasteiger partial charge in [-0.05, 0) is 35.4 Å². The Bertz CT molecular complexity index is 1110. The number of amides is 2. The van der Waals surface area contributed by atoms with E-state index >= 15 is 0 Å². The van der Waals surface area contributed by atoms with Gasteiger partial charge in [0, 0.05) is 25.7 Å². The molecule has 2 unspecified atom stereocenters. The number of carbonyl (C=O) groups is 2. The summed E-state index contributed by atoms with van der Waals surface area (Å²) in [7, 11) is 1.20. The number of ether oxygens (including phenoxy) is 1. The highest BCUT2D eigenvalue weighted by Gasteiger charge is 2.48. The van der Waals surface area contributed by atoms with Crippen molar-refractivity contribution in [2.24, 2.45) is 0 Å². The molecule has 2 aliphatic heterocycles. The largest absolute Gasteiger partial charge is 0.416 e. The third-order valence-corrected chi connectivity index (χ3v) is 6.17. The maximum atomic E-state index is 13.9. The van der Waals surface area contributed by atoms with E-state index in [0.29, 0.717) is 18.2 Å². The molecule has 5 nitrogen and oxygen atoms in total. The Hall–Kier alpha value is -3.08. The molecule has 2 heterocycles. The minimum Gasteiger partial charge on any atom is -0.378 e. The number of morpholine rings is 1. The van der Waals surface area contributed by atoms with Crippen molar-refractivity contribution in [1.82, 2.24) is 9.80 Å². The average Bonchev–Trinajstić information content (AvgIpc) is 2.80. The Morgan fingerprint density at radius 1 is 0.941 bits per heavy atom. The number of nitrogens with zero attached hydrogens (tertiary/aromatic N) is 2. The summed E-state index contributed by atoms with van der Waals surface area (Å²) in [5.74, 6) is -2.59. The van der Waals surface area contributed by atoms with Crippen LogP contribution in [0, 0.1) is 0 Å². The molecule has 0 N–H and O–H groups in total. The molecule has 0 radical (unpaired) electrons. The first-order chi connectivity index (χ1) is 15.9. The highest BCUT2D eigenvalue weighted by atomic mass is 19.4. The van der Waals surface area contributed by atoms with Crippen molar-refractivity contribution in [2.75, 3.05) is 33.4 Å². The fourth-order valence-corrected chi connectivity index (χ4v) is 4.55. The fraction of sp³-hybridized carbons (Fsp3) is 0.391. The van der Waals surface area contributed by atoms with E-state index in [2.05, 4.69) is 0 Å². The molecule has 2 atom stereocenters. The SMILES string of the molecule is CN1C(=O)c2ccccc2C(C(=O)N2CCOCC2)C1c1cc(C(F)(F)F)ccc1C(F)(F)F. The third kappa shape index (κ3) is 4.24. The van der Waals surface area contributed by atoms with Crippen molar-refractivity contribution in [2.45, 2.75) is 24.3 Å². The molecule has 1 saturated heterocycles. The van der Waals surface area contributed by atoms with Crippen molar-refractivity contribution in [1.29, 1.82) is 0 Å². The normalized spacial score (nSPS) is 21.4. The van der Waals surface area contributed by atoms with Crippen LogP contribution in [-0.4, -0.2) is 55.0 Å². The zero-order valence-corrected chi connectivity index (χ0v) is 17.9. The van der Waals surface area contributed by atoms with Crippen LogP contribution in [0.3, 0.4) is 0 Å². The van der Waals surface area contributed by atoms with Crippen LogP contribution in [-0.2, 0) is 21.9 Å². The smallest absolute Gasteiger partial charge is 0.378 e. The summed E-state index contributed by atoms with van der Waals surface area (Å²) in [5.41, 5.74) is -3.11. The first kappa shape index (κ1) is 24.1. The van der Waals surface area contributed by atoms with E-state index in [4.69, 9.17) is 4.74 Å². The van der Waals surface area contributed by atoms with Crippen LogP contribution in [0.2, 0.25) is 0 Å². The quantitative estimate of drug-likeness (QED) is 0.588. The highest BCUT2D eigenvalue weighted by Crippen LogP contribution is 2.48. The lowest BCUT2D eigenvalue weighted by Crippen LogP contribution is -2.49. The molecule has 182 valence electrons. The summed E-state index contributed by atoms with van der Waals surface area (Å²) < 4.78 is 87.5. The van der Waals surface area contributed by atoms with Gasteiger partial charge in [-0.15, -0.1) is 0 Å². The van der Waals surface area contributed by atoms with Gasteiger partial charge in [0.2, 0.25) is 5.91 Å². The summed E-state index contributed by atoms with van der Waals surface area (Å²) in [6.45, 7) is 0.793. The van der Waals surface area contributed by atoms with E-state index in [1.54, 1.807) is 6.07 Å². The minimum absolute atomic E-state index is 0.119. The van der Waals surface area contributed by atoms with Crippen molar-refractivity contribution >= 4 is 11.8 Å². The van der Waals surface area contributed by atoms with Crippen LogP contribution < -0.4 is 0 Å². The van der Waals surface area contributed by atoms with Gasteiger partial charge in [-0.25, -0.2) is 0 Å². The van der Waals surface area contributed by atoms with E-state index in [9.17, 15) is 35.9 Å². The second kappa shape index (κ2) is 8.61. The van der Waals surface area contributed by atoms with Crippen molar-refractivity contribution in [3.05, 3.63) is 70.3 Å². The predicted octanol–water partition coefficient (Wildman–Crippen LogP) is 4.49. The number of alkyl halides is 6. The standard InChI is InChI=1S/C23H20F6N2O3/c1-30-19(16-12-13(22(24,25)26)6-7-17(16)23(27,28)29)18(21(33)31-8-10-34-11-9-31)14-4-2-3-5-15(14)20(30)32/h2-7,12,18-19H,8-11H2,1H3. The molecule has 0 spiro atoms. The molecule has 0 aliphatic carbocycles. The molecule has 2 amide bonds. The molecule has 2 aliphatic rings. The number of hydrogen-bond acceptors (Lipinski definition) is 3. The minimum atomic E-state index is -5.01. The lowest BCUT2D eigenvalue weighted by Gasteiger charge is -2.43. The number of likely N-dealkylation sites (N-methyl/N-ethyl adjacent to an activating group) is 1. The van der Waals surface area contributed by atoms with Gasteiger partial charge in [0.15, 0.2) is 0 Å². The molecule has 0 saturated carbocycles. The zero-order valence-electron chi connectivity index (χ0n) is 17.9. The lowest BCUT2D eigenvalue weighted by molar-refractivity contribution is -0.143. The summed E-state index contributed by atoms with van der Waals surface area (Å²) in [5, 5.41) is 0. The molecule has 4 rings (SSSR count). The van der Waals surface area contributed by atoms with Gasteiger partial charge in [-0.1, -0.05) is 18.2 Å². The maximum Gasteiger partial charge on any atom is 0.416 e. The molecular formula is C23H20F6N2O3. The Morgan fingerprint density at radius 3 is 2.21 bits per heavy atom. The van der Waals surface area contributed by atoms with Gasteiger partial charge in [0.1, 0.15) is 0 Å². The van der Waals surface area contributed by atoms with E-state index < -0.39 is 52.8 Å². The molecule has 2 aromatic carbocycles. The fourth-order valence-electron chi connectivity index (χ4n) is 4.55. The summed E-state index contributed by atoms with van der Waals surface area (Å²) >= 11 is 0. The Kier molecular flexibility index (Phi) is 6.09. The zero-order chi connectivity index (χ0) is 24.8. The molecule has 34 heavy (non-hydrogen) atoms. The van der Waals surface area contributed by atoms with Gasteiger partial charge in [0.25, 0.3) is 5.91 Å². The Morgan fingerprint density at radius 2 is 1.59 bits per heavy atom. The van der Waals surface area contributed by atoms with Crippen molar-refractivity contribution < 1.29 is 40.7 Å². The Labute approximate surface area is 190 Å². The molecule has 0 bridgehead atoms.